The Hall–Kier alpha value is -3.35. The number of carbonyl (C=O) groups is 3. The van der Waals surface area contributed by atoms with E-state index in [2.05, 4.69) is 29.6 Å². The molecule has 186 valence electrons. The molecule has 0 bridgehead atoms. The van der Waals surface area contributed by atoms with E-state index in [0.29, 0.717) is 13.1 Å². The minimum absolute atomic E-state index is 0.00694. The van der Waals surface area contributed by atoms with E-state index in [1.54, 1.807) is 6.92 Å². The van der Waals surface area contributed by atoms with Crippen molar-refractivity contribution < 1.29 is 24.2 Å². The number of amides is 2. The average Bonchev–Trinajstić information content (AvgIpc) is 3.19. The summed E-state index contributed by atoms with van der Waals surface area (Å²) in [5.74, 6) is -1.20. The molecule has 4 rings (SSSR count). The number of benzene rings is 2. The molecule has 1 saturated carbocycles. The number of nitrogens with zero attached hydrogens (tertiary/aromatic N) is 1. The Kier molecular flexibility index (Phi) is 7.73. The van der Waals surface area contributed by atoms with Crippen LogP contribution in [-0.4, -0.2) is 54.2 Å². The van der Waals surface area contributed by atoms with Crippen LogP contribution in [-0.2, 0) is 14.3 Å². The van der Waals surface area contributed by atoms with E-state index in [4.69, 9.17) is 9.84 Å². The van der Waals surface area contributed by atoms with Crippen LogP contribution in [0.2, 0.25) is 0 Å². The standard InChI is InChI=1S/C28H34N2O5/c1-2-30(17-26(32)33)25(31)16-28(14-8-3-9-15-28)19-29-27(34)35-18-24-22-12-6-4-10-20(22)21-11-5-7-13-23(21)24/h4-7,10-13,24H,2-3,8-9,14-19H2,1H3,(H,29,34)(H,32,33). The monoisotopic (exact) mass is 478 g/mol. The van der Waals surface area contributed by atoms with Crippen molar-refractivity contribution in [1.29, 1.82) is 0 Å². The van der Waals surface area contributed by atoms with E-state index < -0.39 is 12.1 Å². The van der Waals surface area contributed by atoms with Gasteiger partial charge in [0, 0.05) is 25.4 Å². The number of alkyl carbamates (subject to hydrolysis) is 1. The van der Waals surface area contributed by atoms with Crippen molar-refractivity contribution in [1.82, 2.24) is 10.2 Å². The maximum Gasteiger partial charge on any atom is 0.407 e. The number of likely N-dealkylation sites (N-methyl/N-ethyl adjacent to an activating group) is 1. The summed E-state index contributed by atoms with van der Waals surface area (Å²) in [5, 5.41) is 12.0. The van der Waals surface area contributed by atoms with Gasteiger partial charge < -0.3 is 20.1 Å². The molecule has 0 aromatic heterocycles. The summed E-state index contributed by atoms with van der Waals surface area (Å²) in [6.45, 7) is 2.42. The van der Waals surface area contributed by atoms with Gasteiger partial charge in [-0.05, 0) is 47.4 Å². The van der Waals surface area contributed by atoms with E-state index in [9.17, 15) is 14.4 Å². The number of rotatable bonds is 9. The molecule has 2 amide bonds. The lowest BCUT2D eigenvalue weighted by Gasteiger charge is -2.38. The minimum Gasteiger partial charge on any atom is -0.480 e. The van der Waals surface area contributed by atoms with E-state index in [0.717, 1.165) is 43.2 Å². The number of aliphatic carboxylic acids is 1. The van der Waals surface area contributed by atoms with Crippen LogP contribution in [0, 0.1) is 5.41 Å². The molecule has 35 heavy (non-hydrogen) atoms. The van der Waals surface area contributed by atoms with Gasteiger partial charge in [0.1, 0.15) is 13.2 Å². The van der Waals surface area contributed by atoms with Crippen LogP contribution in [0.4, 0.5) is 4.79 Å². The molecule has 2 aliphatic rings. The number of carboxylic acids is 1. The van der Waals surface area contributed by atoms with Gasteiger partial charge in [0.05, 0.1) is 0 Å². The fourth-order valence-electron chi connectivity index (χ4n) is 5.60. The summed E-state index contributed by atoms with van der Waals surface area (Å²) in [6.07, 6.45) is 4.49. The third-order valence-corrected chi connectivity index (χ3v) is 7.45. The highest BCUT2D eigenvalue weighted by molar-refractivity contribution is 5.82. The Morgan fingerprint density at radius 3 is 2.17 bits per heavy atom. The Balaban J connectivity index is 1.37. The third-order valence-electron chi connectivity index (χ3n) is 7.45. The molecule has 2 N–H and O–H groups in total. The lowest BCUT2D eigenvalue weighted by atomic mass is 9.71. The van der Waals surface area contributed by atoms with Crippen LogP contribution in [0.1, 0.15) is 62.5 Å². The van der Waals surface area contributed by atoms with E-state index >= 15 is 0 Å². The van der Waals surface area contributed by atoms with Crippen LogP contribution < -0.4 is 5.32 Å². The minimum atomic E-state index is -1.02. The topological polar surface area (TPSA) is 95.9 Å². The summed E-state index contributed by atoms with van der Waals surface area (Å²) in [6, 6.07) is 16.4. The zero-order valence-electron chi connectivity index (χ0n) is 20.3. The predicted octanol–water partition coefficient (Wildman–Crippen LogP) is 4.80. The first-order chi connectivity index (χ1) is 16.9. The van der Waals surface area contributed by atoms with Gasteiger partial charge in [0.25, 0.3) is 0 Å². The first kappa shape index (κ1) is 24.8. The van der Waals surface area contributed by atoms with Crippen molar-refractivity contribution in [2.75, 3.05) is 26.2 Å². The van der Waals surface area contributed by atoms with Gasteiger partial charge in [-0.1, -0.05) is 67.8 Å². The van der Waals surface area contributed by atoms with Crippen LogP contribution in [0.5, 0.6) is 0 Å². The summed E-state index contributed by atoms with van der Waals surface area (Å²) in [7, 11) is 0. The molecule has 0 saturated heterocycles. The van der Waals surface area contributed by atoms with Gasteiger partial charge >= 0.3 is 12.1 Å². The largest absolute Gasteiger partial charge is 0.480 e. The van der Waals surface area contributed by atoms with Crippen molar-refractivity contribution in [3.63, 3.8) is 0 Å². The smallest absolute Gasteiger partial charge is 0.407 e. The Morgan fingerprint density at radius 1 is 1.00 bits per heavy atom. The van der Waals surface area contributed by atoms with Crippen molar-refractivity contribution in [3.05, 3.63) is 59.7 Å². The number of ether oxygens (including phenoxy) is 1. The average molecular weight is 479 g/mol. The Morgan fingerprint density at radius 2 is 1.60 bits per heavy atom. The quantitative estimate of drug-likeness (QED) is 0.540. The molecule has 1 fully saturated rings. The molecule has 2 aromatic rings. The number of carboxylic acid groups (broad SMARTS) is 1. The number of hydrogen-bond acceptors (Lipinski definition) is 4. The molecule has 2 aliphatic carbocycles. The zero-order chi connectivity index (χ0) is 24.8. The van der Waals surface area contributed by atoms with Crippen LogP contribution >= 0.6 is 0 Å². The van der Waals surface area contributed by atoms with Crippen molar-refractivity contribution in [3.8, 4) is 11.1 Å². The lowest BCUT2D eigenvalue weighted by Crippen LogP contribution is -2.44. The maximum atomic E-state index is 12.9. The molecule has 7 nitrogen and oxygen atoms in total. The number of carbonyl (C=O) groups excluding carboxylic acids is 2. The SMILES string of the molecule is CCN(CC(=O)O)C(=O)CC1(CNC(=O)OCC2c3ccccc3-c3ccccc32)CCCCC1. The molecular weight excluding hydrogens is 444 g/mol. The molecular formula is C28H34N2O5. The zero-order valence-corrected chi connectivity index (χ0v) is 20.3. The first-order valence-corrected chi connectivity index (χ1v) is 12.5. The summed E-state index contributed by atoms with van der Waals surface area (Å²) in [4.78, 5) is 38.1. The summed E-state index contributed by atoms with van der Waals surface area (Å²) < 4.78 is 5.68. The van der Waals surface area contributed by atoms with Gasteiger partial charge in [-0.2, -0.15) is 0 Å². The van der Waals surface area contributed by atoms with E-state index in [1.807, 2.05) is 24.3 Å². The highest BCUT2D eigenvalue weighted by Crippen LogP contribution is 2.44. The first-order valence-electron chi connectivity index (χ1n) is 12.5. The number of hydrogen-bond donors (Lipinski definition) is 2. The van der Waals surface area contributed by atoms with Gasteiger partial charge in [0.15, 0.2) is 0 Å². The Bertz CT molecular complexity index is 1030. The van der Waals surface area contributed by atoms with E-state index in [-0.39, 0.29) is 36.8 Å². The molecule has 0 spiro atoms. The lowest BCUT2D eigenvalue weighted by molar-refractivity contribution is -0.145. The summed E-state index contributed by atoms with van der Waals surface area (Å²) >= 11 is 0. The van der Waals surface area contributed by atoms with Gasteiger partial charge in [-0.25, -0.2) is 4.79 Å². The van der Waals surface area contributed by atoms with Crippen LogP contribution in [0.15, 0.2) is 48.5 Å². The molecule has 7 heteroatoms. The Labute approximate surface area is 206 Å². The summed E-state index contributed by atoms with van der Waals surface area (Å²) in [5.41, 5.74) is 4.31. The second kappa shape index (κ2) is 10.9. The highest BCUT2D eigenvalue weighted by Gasteiger charge is 2.36. The fourth-order valence-corrected chi connectivity index (χ4v) is 5.60. The van der Waals surface area contributed by atoms with Crippen LogP contribution in [0.3, 0.4) is 0 Å². The van der Waals surface area contributed by atoms with Crippen LogP contribution in [0.25, 0.3) is 11.1 Å². The van der Waals surface area contributed by atoms with Crippen molar-refractivity contribution >= 4 is 18.0 Å². The van der Waals surface area contributed by atoms with Gasteiger partial charge in [0.2, 0.25) is 5.91 Å². The van der Waals surface area contributed by atoms with E-state index in [1.165, 1.54) is 16.0 Å². The maximum absolute atomic E-state index is 12.9. The molecule has 0 aliphatic heterocycles. The normalized spacial score (nSPS) is 16.1. The number of nitrogens with one attached hydrogen (secondary N) is 1. The fraction of sp³-hybridized carbons (Fsp3) is 0.464. The molecule has 0 atom stereocenters. The number of fused-ring (bicyclic) bond motifs is 3. The van der Waals surface area contributed by atoms with Gasteiger partial charge in [-0.3, -0.25) is 9.59 Å². The second-order valence-corrected chi connectivity index (χ2v) is 9.72. The van der Waals surface area contributed by atoms with Crippen molar-refractivity contribution in [2.24, 2.45) is 5.41 Å². The molecule has 0 radical (unpaired) electrons. The predicted molar refractivity (Wildman–Crippen MR) is 133 cm³/mol. The molecule has 0 heterocycles. The molecule has 0 unspecified atom stereocenters. The third kappa shape index (κ3) is 5.66. The molecule has 2 aromatic carbocycles. The van der Waals surface area contributed by atoms with Crippen molar-refractivity contribution in [2.45, 2.75) is 51.4 Å². The second-order valence-electron chi connectivity index (χ2n) is 9.72. The van der Waals surface area contributed by atoms with Gasteiger partial charge in [-0.15, -0.1) is 0 Å². The highest BCUT2D eigenvalue weighted by atomic mass is 16.5.